The predicted octanol–water partition coefficient (Wildman–Crippen LogP) is -1.33. The van der Waals surface area contributed by atoms with Crippen LogP contribution in [0.5, 0.6) is 0 Å². The third-order valence-corrected chi connectivity index (χ3v) is 2.06. The highest BCUT2D eigenvalue weighted by atomic mass is 16.4. The van der Waals surface area contributed by atoms with Gasteiger partial charge in [0, 0.05) is 6.92 Å². The van der Waals surface area contributed by atoms with Crippen molar-refractivity contribution in [2.45, 2.75) is 18.9 Å². The maximum absolute atomic E-state index is 10.9. The summed E-state index contributed by atoms with van der Waals surface area (Å²) in [6, 6.07) is 0. The third kappa shape index (κ3) is 0.983. The van der Waals surface area contributed by atoms with Crippen molar-refractivity contribution in [2.75, 3.05) is 0 Å². The molecule has 0 aromatic carbocycles. The number of β-lactam (4-membered cyclic amide) rings is 1. The molecule has 1 rings (SSSR count). The third-order valence-electron chi connectivity index (χ3n) is 2.06. The van der Waals surface area contributed by atoms with Gasteiger partial charge in [-0.1, -0.05) is 0 Å². The molecule has 2 amide bonds. The molecule has 0 aromatic heterocycles. The monoisotopic (exact) mass is 201 g/mol. The van der Waals surface area contributed by atoms with Crippen LogP contribution >= 0.6 is 0 Å². The summed E-state index contributed by atoms with van der Waals surface area (Å²) in [6.45, 7) is 0.942. The van der Waals surface area contributed by atoms with Crippen molar-refractivity contribution >= 4 is 23.8 Å². The number of carboxylic acids is 2. The molecule has 1 fully saturated rings. The van der Waals surface area contributed by atoms with Gasteiger partial charge in [-0.05, 0) is 0 Å². The van der Waals surface area contributed by atoms with Gasteiger partial charge in [-0.25, -0.2) is 9.59 Å². The van der Waals surface area contributed by atoms with E-state index in [1.165, 1.54) is 0 Å². The number of hydrogen-bond acceptors (Lipinski definition) is 4. The van der Waals surface area contributed by atoms with Gasteiger partial charge in [0.25, 0.3) is 5.54 Å². The van der Waals surface area contributed by atoms with Gasteiger partial charge < -0.3 is 10.2 Å². The molecule has 7 nitrogen and oxygen atoms in total. The molecule has 14 heavy (non-hydrogen) atoms. The molecule has 1 saturated heterocycles. The number of nitrogens with zero attached hydrogens (tertiary/aromatic N) is 1. The number of hydrogen-bond donors (Lipinski definition) is 2. The van der Waals surface area contributed by atoms with E-state index in [0.717, 1.165) is 6.92 Å². The second-order valence-electron chi connectivity index (χ2n) is 2.90. The molecule has 0 spiro atoms. The normalized spacial score (nSPS) is 18.6. The smallest absolute Gasteiger partial charge is 0.342 e. The van der Waals surface area contributed by atoms with E-state index in [0.29, 0.717) is 0 Å². The number of carboxylic acid groups (broad SMARTS) is 2. The zero-order valence-electron chi connectivity index (χ0n) is 7.18. The van der Waals surface area contributed by atoms with Gasteiger partial charge >= 0.3 is 11.9 Å². The number of aliphatic carboxylic acids is 2. The van der Waals surface area contributed by atoms with Gasteiger partial charge in [-0.15, -0.1) is 0 Å². The first-order valence-electron chi connectivity index (χ1n) is 3.64. The zero-order valence-corrected chi connectivity index (χ0v) is 7.18. The van der Waals surface area contributed by atoms with Crippen LogP contribution in [-0.2, 0) is 19.2 Å². The summed E-state index contributed by atoms with van der Waals surface area (Å²) in [5.41, 5.74) is -2.40. The molecule has 2 N–H and O–H groups in total. The van der Waals surface area contributed by atoms with E-state index in [-0.39, 0.29) is 4.90 Å². The second kappa shape index (κ2) is 2.79. The Morgan fingerprint density at radius 2 is 1.71 bits per heavy atom. The zero-order chi connectivity index (χ0) is 11.1. The average Bonchev–Trinajstić information content (AvgIpc) is 1.96. The fourth-order valence-corrected chi connectivity index (χ4v) is 1.38. The molecule has 76 valence electrons. The van der Waals surface area contributed by atoms with E-state index in [1.54, 1.807) is 0 Å². The summed E-state index contributed by atoms with van der Waals surface area (Å²) in [5.74, 6) is -5.09. The van der Waals surface area contributed by atoms with Crippen LogP contribution in [0.15, 0.2) is 0 Å². The van der Waals surface area contributed by atoms with E-state index in [9.17, 15) is 19.2 Å². The highest BCUT2D eigenvalue weighted by Gasteiger charge is 2.65. The van der Waals surface area contributed by atoms with Crippen LogP contribution in [0.2, 0.25) is 0 Å². The Bertz CT molecular complexity index is 324. The van der Waals surface area contributed by atoms with Crippen LogP contribution in [0, 0.1) is 0 Å². The maximum Gasteiger partial charge on any atom is 0.342 e. The van der Waals surface area contributed by atoms with Crippen LogP contribution in [0.1, 0.15) is 13.3 Å². The van der Waals surface area contributed by atoms with Gasteiger partial charge in [-0.3, -0.25) is 14.5 Å². The lowest BCUT2D eigenvalue weighted by Gasteiger charge is -2.42. The highest BCUT2D eigenvalue weighted by molar-refractivity contribution is 6.19. The minimum atomic E-state index is -2.40. The first kappa shape index (κ1) is 10.2. The number of likely N-dealkylation sites (tertiary alicyclic amines) is 1. The molecule has 0 aromatic rings. The molecule has 7 heteroatoms. The Morgan fingerprint density at radius 3 is 1.86 bits per heavy atom. The Morgan fingerprint density at radius 1 is 1.29 bits per heavy atom. The van der Waals surface area contributed by atoms with Crippen LogP contribution in [0.25, 0.3) is 0 Å². The summed E-state index contributed by atoms with van der Waals surface area (Å²) < 4.78 is 0. The summed E-state index contributed by atoms with van der Waals surface area (Å²) in [7, 11) is 0. The standard InChI is InChI=1S/C7H7NO6/c1-3(9)8-4(10)2-7(8,5(11)12)6(13)14/h2H2,1H3,(H,11,12)(H,13,14). The molecule has 0 aliphatic carbocycles. The fourth-order valence-electron chi connectivity index (χ4n) is 1.38. The van der Waals surface area contributed by atoms with Gasteiger partial charge in [-0.2, -0.15) is 0 Å². The van der Waals surface area contributed by atoms with E-state index in [4.69, 9.17) is 10.2 Å². The van der Waals surface area contributed by atoms with Crippen molar-refractivity contribution in [2.24, 2.45) is 0 Å². The number of amides is 2. The molecule has 0 radical (unpaired) electrons. The van der Waals surface area contributed by atoms with Crippen molar-refractivity contribution < 1.29 is 29.4 Å². The SMILES string of the molecule is CC(=O)N1C(=O)CC1(C(=O)O)C(=O)O. The van der Waals surface area contributed by atoms with E-state index >= 15 is 0 Å². The van der Waals surface area contributed by atoms with Gasteiger partial charge in [0.1, 0.15) is 0 Å². The van der Waals surface area contributed by atoms with Crippen LogP contribution < -0.4 is 0 Å². The molecular weight excluding hydrogens is 194 g/mol. The second-order valence-corrected chi connectivity index (χ2v) is 2.90. The van der Waals surface area contributed by atoms with E-state index < -0.39 is 35.7 Å². The minimum absolute atomic E-state index is 0.248. The molecular formula is C7H7NO6. The predicted molar refractivity (Wildman–Crippen MR) is 40.1 cm³/mol. The van der Waals surface area contributed by atoms with Crippen LogP contribution in [0.4, 0.5) is 0 Å². The quantitative estimate of drug-likeness (QED) is 0.423. The summed E-state index contributed by atoms with van der Waals surface area (Å²) in [5, 5.41) is 17.3. The van der Waals surface area contributed by atoms with Crippen molar-refractivity contribution in [1.82, 2.24) is 4.90 Å². The van der Waals surface area contributed by atoms with Crippen LogP contribution in [0.3, 0.4) is 0 Å². The molecule has 1 aliphatic rings. The number of carbonyl (C=O) groups excluding carboxylic acids is 2. The molecule has 1 aliphatic heterocycles. The van der Waals surface area contributed by atoms with Crippen molar-refractivity contribution in [3.05, 3.63) is 0 Å². The van der Waals surface area contributed by atoms with Crippen LogP contribution in [-0.4, -0.2) is 44.4 Å². The Kier molecular flexibility index (Phi) is 2.03. The molecule has 0 saturated carbocycles. The molecule has 0 atom stereocenters. The van der Waals surface area contributed by atoms with Crippen molar-refractivity contribution in [3.63, 3.8) is 0 Å². The van der Waals surface area contributed by atoms with Gasteiger partial charge in [0.2, 0.25) is 11.8 Å². The van der Waals surface area contributed by atoms with E-state index in [1.807, 2.05) is 0 Å². The number of imide groups is 1. The minimum Gasteiger partial charge on any atom is -0.479 e. The first-order valence-corrected chi connectivity index (χ1v) is 3.64. The largest absolute Gasteiger partial charge is 0.479 e. The maximum atomic E-state index is 10.9. The lowest BCUT2D eigenvalue weighted by Crippen LogP contribution is -2.73. The highest BCUT2D eigenvalue weighted by Crippen LogP contribution is 2.32. The van der Waals surface area contributed by atoms with Gasteiger partial charge in [0.05, 0.1) is 6.42 Å². The Hall–Kier alpha value is -1.92. The first-order chi connectivity index (χ1) is 6.34. The summed E-state index contributed by atoms with van der Waals surface area (Å²) >= 11 is 0. The van der Waals surface area contributed by atoms with E-state index in [2.05, 4.69) is 0 Å². The van der Waals surface area contributed by atoms with Crippen molar-refractivity contribution in [3.8, 4) is 0 Å². The molecule has 0 bridgehead atoms. The Balaban J connectivity index is 3.15. The lowest BCUT2D eigenvalue weighted by atomic mass is 9.83. The molecule has 0 unspecified atom stereocenters. The van der Waals surface area contributed by atoms with Gasteiger partial charge in [0.15, 0.2) is 0 Å². The van der Waals surface area contributed by atoms with Crippen molar-refractivity contribution in [1.29, 1.82) is 0 Å². The lowest BCUT2D eigenvalue weighted by molar-refractivity contribution is -0.190. The topological polar surface area (TPSA) is 112 Å². The average molecular weight is 201 g/mol. The fraction of sp³-hybridized carbons (Fsp3) is 0.429. The molecule has 1 heterocycles. The number of rotatable bonds is 2. The Labute approximate surface area is 77.9 Å². The summed E-state index contributed by atoms with van der Waals surface area (Å²) in [4.78, 5) is 43.3. The number of carbonyl (C=O) groups is 4. The summed E-state index contributed by atoms with van der Waals surface area (Å²) in [6.07, 6.45) is -0.683.